The van der Waals surface area contributed by atoms with Crippen LogP contribution >= 0.6 is 11.3 Å². The number of thiazole rings is 1. The normalized spacial score (nSPS) is 16.2. The summed E-state index contributed by atoms with van der Waals surface area (Å²) in [5.74, 6) is 1.72. The van der Waals surface area contributed by atoms with Crippen LogP contribution in [0.1, 0.15) is 43.0 Å². The third-order valence-electron chi connectivity index (χ3n) is 4.04. The van der Waals surface area contributed by atoms with E-state index in [1.165, 1.54) is 12.8 Å². The second-order valence-electron chi connectivity index (χ2n) is 6.26. The lowest BCUT2D eigenvalue weighted by Gasteiger charge is -2.21. The molecule has 0 aromatic carbocycles. The number of methoxy groups -OCH3 is 1. The molecule has 7 heteroatoms. The van der Waals surface area contributed by atoms with Gasteiger partial charge in [0.15, 0.2) is 5.96 Å². The van der Waals surface area contributed by atoms with Crippen molar-refractivity contribution in [1.82, 2.24) is 15.2 Å². The molecular formula is C17H30N4O2S. The molecule has 1 aliphatic rings. The van der Waals surface area contributed by atoms with Gasteiger partial charge in [0, 0.05) is 46.3 Å². The van der Waals surface area contributed by atoms with Gasteiger partial charge in [0.05, 0.1) is 12.2 Å². The van der Waals surface area contributed by atoms with Crippen molar-refractivity contribution in [2.45, 2.75) is 38.8 Å². The Balaban J connectivity index is 1.68. The summed E-state index contributed by atoms with van der Waals surface area (Å²) in [7, 11) is 5.54. The lowest BCUT2D eigenvalue weighted by Crippen LogP contribution is -2.39. The number of nitrogens with zero attached hydrogens (tertiary/aromatic N) is 3. The number of ether oxygens (including phenoxy) is 2. The van der Waals surface area contributed by atoms with E-state index in [9.17, 15) is 0 Å². The fourth-order valence-electron chi connectivity index (χ4n) is 2.29. The Bertz CT molecular complexity index is 516. The minimum atomic E-state index is 0.0436. The molecule has 1 saturated carbocycles. The van der Waals surface area contributed by atoms with Crippen LogP contribution in [0.2, 0.25) is 0 Å². The van der Waals surface area contributed by atoms with Crippen molar-refractivity contribution in [3.05, 3.63) is 16.1 Å². The van der Waals surface area contributed by atoms with Crippen molar-refractivity contribution in [2.24, 2.45) is 10.9 Å². The number of hydrogen-bond donors (Lipinski definition) is 1. The molecule has 6 nitrogen and oxygen atoms in total. The fraction of sp³-hybridized carbons (Fsp3) is 0.765. The highest BCUT2D eigenvalue weighted by Gasteiger charge is 2.20. The summed E-state index contributed by atoms with van der Waals surface area (Å²) < 4.78 is 11.0. The predicted molar refractivity (Wildman–Crippen MR) is 98.5 cm³/mol. The highest BCUT2D eigenvalue weighted by molar-refractivity contribution is 7.09. The van der Waals surface area contributed by atoms with E-state index >= 15 is 0 Å². The first-order valence-corrected chi connectivity index (χ1v) is 9.48. The first-order chi connectivity index (χ1) is 11.6. The van der Waals surface area contributed by atoms with E-state index < -0.39 is 0 Å². The van der Waals surface area contributed by atoms with Gasteiger partial charge in [0.25, 0.3) is 0 Å². The third kappa shape index (κ3) is 6.37. The molecule has 1 fully saturated rings. The van der Waals surface area contributed by atoms with Gasteiger partial charge >= 0.3 is 0 Å². The van der Waals surface area contributed by atoms with Crippen LogP contribution in [0.5, 0.6) is 0 Å². The van der Waals surface area contributed by atoms with Crippen molar-refractivity contribution in [1.29, 1.82) is 0 Å². The Labute approximate surface area is 149 Å². The largest absolute Gasteiger partial charge is 0.381 e. The smallest absolute Gasteiger partial charge is 0.193 e. The molecule has 1 unspecified atom stereocenters. The zero-order chi connectivity index (χ0) is 17.4. The van der Waals surface area contributed by atoms with Gasteiger partial charge in [-0.15, -0.1) is 11.3 Å². The molecule has 1 heterocycles. The molecular weight excluding hydrogens is 324 g/mol. The summed E-state index contributed by atoms with van der Waals surface area (Å²) in [6.07, 6.45) is 3.72. The van der Waals surface area contributed by atoms with Gasteiger partial charge in [-0.3, -0.25) is 4.99 Å². The Kier molecular flexibility index (Phi) is 7.94. The van der Waals surface area contributed by atoms with Gasteiger partial charge < -0.3 is 19.7 Å². The summed E-state index contributed by atoms with van der Waals surface area (Å²) in [5.41, 5.74) is 1.04. The number of hydrogen-bond acceptors (Lipinski definition) is 5. The first-order valence-electron chi connectivity index (χ1n) is 8.60. The molecule has 1 aliphatic carbocycles. The minimum Gasteiger partial charge on any atom is -0.381 e. The molecule has 1 aromatic heterocycles. The van der Waals surface area contributed by atoms with E-state index in [1.807, 2.05) is 21.0 Å². The van der Waals surface area contributed by atoms with Gasteiger partial charge in [-0.1, -0.05) is 0 Å². The number of aliphatic imine (C=N–C) groups is 1. The number of guanidine groups is 1. The molecule has 0 aliphatic heterocycles. The summed E-state index contributed by atoms with van der Waals surface area (Å²) in [6.45, 7) is 5.35. The minimum absolute atomic E-state index is 0.0436. The van der Waals surface area contributed by atoms with E-state index in [2.05, 4.69) is 25.6 Å². The van der Waals surface area contributed by atoms with Crippen molar-refractivity contribution in [3.63, 3.8) is 0 Å². The monoisotopic (exact) mass is 354 g/mol. The molecule has 0 saturated heterocycles. The molecule has 24 heavy (non-hydrogen) atoms. The van der Waals surface area contributed by atoms with Crippen LogP contribution in [0.15, 0.2) is 10.4 Å². The van der Waals surface area contributed by atoms with Crippen LogP contribution < -0.4 is 5.32 Å². The SMILES string of the molecule is CN=C(NCCCOCC1CC1)N(C)Cc1csc(C(C)OC)n1. The van der Waals surface area contributed by atoms with Gasteiger partial charge in [-0.25, -0.2) is 4.98 Å². The van der Waals surface area contributed by atoms with E-state index in [0.717, 1.165) is 55.3 Å². The molecule has 0 amide bonds. The summed E-state index contributed by atoms with van der Waals surface area (Å²) in [4.78, 5) is 11.1. The fourth-order valence-corrected chi connectivity index (χ4v) is 3.14. The van der Waals surface area contributed by atoms with E-state index in [4.69, 9.17) is 9.47 Å². The lowest BCUT2D eigenvalue weighted by molar-refractivity contribution is 0.119. The topological polar surface area (TPSA) is 59.0 Å². The quantitative estimate of drug-likeness (QED) is 0.398. The van der Waals surface area contributed by atoms with Crippen molar-refractivity contribution < 1.29 is 9.47 Å². The average Bonchev–Trinajstić information content (AvgIpc) is 3.30. The van der Waals surface area contributed by atoms with Gasteiger partial charge in [-0.2, -0.15) is 0 Å². The van der Waals surface area contributed by atoms with Crippen LogP contribution in [0.4, 0.5) is 0 Å². The van der Waals surface area contributed by atoms with Gasteiger partial charge in [-0.05, 0) is 32.1 Å². The van der Waals surface area contributed by atoms with Crippen molar-refractivity contribution in [3.8, 4) is 0 Å². The Morgan fingerprint density at radius 2 is 2.33 bits per heavy atom. The maximum atomic E-state index is 5.65. The van der Waals surface area contributed by atoms with Crippen molar-refractivity contribution in [2.75, 3.05) is 41.0 Å². The summed E-state index contributed by atoms with van der Waals surface area (Å²) in [6, 6.07) is 0. The maximum Gasteiger partial charge on any atom is 0.193 e. The van der Waals surface area contributed by atoms with Gasteiger partial charge in [0.2, 0.25) is 0 Å². The summed E-state index contributed by atoms with van der Waals surface area (Å²) >= 11 is 1.64. The standard InChI is InChI=1S/C17H30N4O2S/c1-13(22-4)16-20-15(12-24-16)10-21(3)17(18-2)19-8-5-9-23-11-14-6-7-14/h12-14H,5-11H2,1-4H3,(H,18,19). The lowest BCUT2D eigenvalue weighted by atomic mass is 10.4. The number of aromatic nitrogens is 1. The Hall–Kier alpha value is -1.18. The molecule has 1 N–H and O–H groups in total. The second kappa shape index (κ2) is 9.96. The van der Waals surface area contributed by atoms with Crippen LogP contribution in [0.25, 0.3) is 0 Å². The molecule has 1 aromatic rings. The third-order valence-corrected chi connectivity index (χ3v) is 5.10. The van der Waals surface area contributed by atoms with E-state index in [1.54, 1.807) is 18.4 Å². The second-order valence-corrected chi connectivity index (χ2v) is 7.15. The maximum absolute atomic E-state index is 5.65. The number of nitrogens with one attached hydrogen (secondary N) is 1. The van der Waals surface area contributed by atoms with Crippen LogP contribution in [0.3, 0.4) is 0 Å². The zero-order valence-corrected chi connectivity index (χ0v) is 16.1. The first kappa shape index (κ1) is 19.1. The van der Waals surface area contributed by atoms with Crippen LogP contribution in [-0.4, -0.2) is 56.8 Å². The van der Waals surface area contributed by atoms with Gasteiger partial charge in [0.1, 0.15) is 11.1 Å². The average molecular weight is 355 g/mol. The zero-order valence-electron chi connectivity index (χ0n) is 15.2. The molecule has 0 bridgehead atoms. The highest BCUT2D eigenvalue weighted by atomic mass is 32.1. The number of rotatable bonds is 10. The molecule has 2 rings (SSSR count). The van der Waals surface area contributed by atoms with Crippen LogP contribution in [-0.2, 0) is 16.0 Å². The van der Waals surface area contributed by atoms with Crippen LogP contribution in [0, 0.1) is 5.92 Å². The Morgan fingerprint density at radius 3 is 3.00 bits per heavy atom. The van der Waals surface area contributed by atoms with E-state index in [-0.39, 0.29) is 6.10 Å². The summed E-state index contributed by atoms with van der Waals surface area (Å²) in [5, 5.41) is 6.48. The van der Waals surface area contributed by atoms with Crippen molar-refractivity contribution >= 4 is 17.3 Å². The molecule has 0 radical (unpaired) electrons. The molecule has 0 spiro atoms. The highest BCUT2D eigenvalue weighted by Crippen LogP contribution is 2.28. The predicted octanol–water partition coefficient (Wildman–Crippen LogP) is 2.67. The van der Waals surface area contributed by atoms with E-state index in [0.29, 0.717) is 0 Å². The Morgan fingerprint density at radius 1 is 1.54 bits per heavy atom. The molecule has 1 atom stereocenters. The molecule has 136 valence electrons.